The minimum Gasteiger partial charge on any atom is -0.489 e. The molecule has 5 heteroatoms. The Bertz CT molecular complexity index is 653. The number of ketones is 1. The van der Waals surface area contributed by atoms with Crippen molar-refractivity contribution in [1.82, 2.24) is 5.32 Å². The predicted molar refractivity (Wildman–Crippen MR) is 91.2 cm³/mol. The molecule has 0 atom stereocenters. The van der Waals surface area contributed by atoms with Crippen LogP contribution in [0.2, 0.25) is 0 Å². The Labute approximate surface area is 141 Å². The van der Waals surface area contributed by atoms with Gasteiger partial charge in [-0.15, -0.1) is 0 Å². The van der Waals surface area contributed by atoms with Gasteiger partial charge in [0.15, 0.2) is 5.78 Å². The van der Waals surface area contributed by atoms with Crippen LogP contribution in [0, 0.1) is 0 Å². The molecule has 0 bridgehead atoms. The fourth-order valence-corrected chi connectivity index (χ4v) is 2.08. The zero-order valence-electron chi connectivity index (χ0n) is 13.7. The van der Waals surface area contributed by atoms with E-state index in [1.165, 1.54) is 0 Å². The summed E-state index contributed by atoms with van der Waals surface area (Å²) >= 11 is 0. The summed E-state index contributed by atoms with van der Waals surface area (Å²) in [6.45, 7) is 2.78. The molecule has 2 aromatic rings. The standard InChI is InChI=1S/C19H21NO4/c1-2-23-19(22)20-13-12-18(21)16-8-10-17(11-9-16)24-14-15-6-4-3-5-7-15/h3-11H,2,12-14H2,1H3,(H,20,22). The Morgan fingerprint density at radius 2 is 1.71 bits per heavy atom. The summed E-state index contributed by atoms with van der Waals surface area (Å²) in [6, 6.07) is 16.9. The van der Waals surface area contributed by atoms with E-state index in [0.29, 0.717) is 24.5 Å². The van der Waals surface area contributed by atoms with Gasteiger partial charge < -0.3 is 14.8 Å². The number of rotatable bonds is 8. The van der Waals surface area contributed by atoms with E-state index in [9.17, 15) is 9.59 Å². The van der Waals surface area contributed by atoms with Crippen LogP contribution in [-0.4, -0.2) is 25.0 Å². The molecular weight excluding hydrogens is 306 g/mol. The highest BCUT2D eigenvalue weighted by Crippen LogP contribution is 2.15. The molecule has 1 N–H and O–H groups in total. The lowest BCUT2D eigenvalue weighted by atomic mass is 10.1. The third-order valence-corrected chi connectivity index (χ3v) is 3.32. The minimum absolute atomic E-state index is 0.0404. The van der Waals surface area contributed by atoms with Crippen LogP contribution in [0.1, 0.15) is 29.3 Å². The van der Waals surface area contributed by atoms with Crippen molar-refractivity contribution in [3.63, 3.8) is 0 Å². The van der Waals surface area contributed by atoms with E-state index >= 15 is 0 Å². The normalized spacial score (nSPS) is 10.0. The third-order valence-electron chi connectivity index (χ3n) is 3.32. The monoisotopic (exact) mass is 327 g/mol. The van der Waals surface area contributed by atoms with Gasteiger partial charge in [-0.05, 0) is 36.8 Å². The molecule has 0 spiro atoms. The summed E-state index contributed by atoms with van der Waals surface area (Å²) in [7, 11) is 0. The van der Waals surface area contributed by atoms with Crippen molar-refractivity contribution >= 4 is 11.9 Å². The molecule has 0 unspecified atom stereocenters. The molecule has 0 aliphatic rings. The topological polar surface area (TPSA) is 64.6 Å². The first-order chi connectivity index (χ1) is 11.7. The molecule has 0 saturated heterocycles. The van der Waals surface area contributed by atoms with Crippen LogP contribution in [0.4, 0.5) is 4.79 Å². The number of Topliss-reactive ketones (excluding diaryl/α,β-unsaturated/α-hetero) is 1. The Hall–Kier alpha value is -2.82. The fraction of sp³-hybridized carbons (Fsp3) is 0.263. The molecule has 0 aliphatic heterocycles. The second-order valence-corrected chi connectivity index (χ2v) is 5.12. The van der Waals surface area contributed by atoms with E-state index in [-0.39, 0.29) is 18.7 Å². The summed E-state index contributed by atoms with van der Waals surface area (Å²) < 4.78 is 10.4. The molecule has 126 valence electrons. The van der Waals surface area contributed by atoms with Crippen LogP contribution in [-0.2, 0) is 11.3 Å². The van der Waals surface area contributed by atoms with Gasteiger partial charge in [-0.3, -0.25) is 4.79 Å². The molecule has 0 radical (unpaired) electrons. The molecule has 1 amide bonds. The summed E-state index contributed by atoms with van der Waals surface area (Å²) in [5.41, 5.74) is 1.68. The zero-order valence-corrected chi connectivity index (χ0v) is 13.7. The first-order valence-corrected chi connectivity index (χ1v) is 7.89. The second kappa shape index (κ2) is 9.35. The Kier molecular flexibility index (Phi) is 6.83. The first-order valence-electron chi connectivity index (χ1n) is 7.89. The van der Waals surface area contributed by atoms with Crippen molar-refractivity contribution < 1.29 is 19.1 Å². The van der Waals surface area contributed by atoms with E-state index in [1.54, 1.807) is 31.2 Å². The van der Waals surface area contributed by atoms with Gasteiger partial charge in [0.1, 0.15) is 12.4 Å². The highest BCUT2D eigenvalue weighted by molar-refractivity contribution is 5.96. The molecule has 2 aromatic carbocycles. The average Bonchev–Trinajstić information content (AvgIpc) is 2.61. The maximum absolute atomic E-state index is 12.0. The van der Waals surface area contributed by atoms with Gasteiger partial charge in [0.2, 0.25) is 0 Å². The van der Waals surface area contributed by atoms with Crippen LogP contribution < -0.4 is 10.1 Å². The lowest BCUT2D eigenvalue weighted by molar-refractivity contribution is 0.0981. The number of nitrogens with one attached hydrogen (secondary N) is 1. The highest BCUT2D eigenvalue weighted by Gasteiger charge is 2.07. The molecule has 24 heavy (non-hydrogen) atoms. The molecule has 0 fully saturated rings. The maximum atomic E-state index is 12.0. The van der Waals surface area contributed by atoms with E-state index in [4.69, 9.17) is 9.47 Å². The molecule has 0 saturated carbocycles. The second-order valence-electron chi connectivity index (χ2n) is 5.12. The number of amides is 1. The van der Waals surface area contributed by atoms with Crippen molar-refractivity contribution in [2.75, 3.05) is 13.2 Å². The van der Waals surface area contributed by atoms with Crippen LogP contribution in [0.25, 0.3) is 0 Å². The average molecular weight is 327 g/mol. The van der Waals surface area contributed by atoms with Crippen LogP contribution in [0.5, 0.6) is 5.75 Å². The Morgan fingerprint density at radius 1 is 1.00 bits per heavy atom. The quantitative estimate of drug-likeness (QED) is 0.753. The largest absolute Gasteiger partial charge is 0.489 e. The summed E-state index contributed by atoms with van der Waals surface area (Å²) in [5.74, 6) is 0.668. The van der Waals surface area contributed by atoms with Crippen LogP contribution >= 0.6 is 0 Å². The van der Waals surface area contributed by atoms with Crippen LogP contribution in [0.15, 0.2) is 54.6 Å². The number of ether oxygens (including phenoxy) is 2. The smallest absolute Gasteiger partial charge is 0.407 e. The van der Waals surface area contributed by atoms with Gasteiger partial charge in [-0.25, -0.2) is 4.79 Å². The van der Waals surface area contributed by atoms with Gasteiger partial charge in [-0.2, -0.15) is 0 Å². The molecular formula is C19H21NO4. The lowest BCUT2D eigenvalue weighted by Crippen LogP contribution is -2.26. The van der Waals surface area contributed by atoms with E-state index < -0.39 is 6.09 Å². The summed E-state index contributed by atoms with van der Waals surface area (Å²) in [4.78, 5) is 23.2. The predicted octanol–water partition coefficient (Wildman–Crippen LogP) is 3.58. The van der Waals surface area contributed by atoms with Gasteiger partial charge in [0, 0.05) is 18.5 Å². The van der Waals surface area contributed by atoms with Crippen molar-refractivity contribution in [1.29, 1.82) is 0 Å². The van der Waals surface area contributed by atoms with E-state index in [1.807, 2.05) is 30.3 Å². The van der Waals surface area contributed by atoms with Crippen LogP contribution in [0.3, 0.4) is 0 Å². The SMILES string of the molecule is CCOC(=O)NCCC(=O)c1ccc(OCc2ccccc2)cc1. The van der Waals surface area contributed by atoms with Crippen molar-refractivity contribution in [3.05, 3.63) is 65.7 Å². The number of hydrogen-bond donors (Lipinski definition) is 1. The van der Waals surface area contributed by atoms with Gasteiger partial charge >= 0.3 is 6.09 Å². The number of carbonyl (C=O) groups excluding carboxylic acids is 2. The van der Waals surface area contributed by atoms with Crippen molar-refractivity contribution in [3.8, 4) is 5.75 Å². The van der Waals surface area contributed by atoms with Gasteiger partial charge in [-0.1, -0.05) is 30.3 Å². The first kappa shape index (κ1) is 17.5. The molecule has 0 aromatic heterocycles. The number of hydrogen-bond acceptors (Lipinski definition) is 4. The summed E-state index contributed by atoms with van der Waals surface area (Å²) in [5, 5.41) is 2.53. The van der Waals surface area contributed by atoms with E-state index in [0.717, 1.165) is 5.56 Å². The Morgan fingerprint density at radius 3 is 2.38 bits per heavy atom. The molecule has 2 rings (SSSR count). The Balaban J connectivity index is 1.78. The molecule has 0 aliphatic carbocycles. The van der Waals surface area contributed by atoms with E-state index in [2.05, 4.69) is 5.32 Å². The lowest BCUT2D eigenvalue weighted by Gasteiger charge is -2.07. The maximum Gasteiger partial charge on any atom is 0.407 e. The van der Waals surface area contributed by atoms with Gasteiger partial charge in [0.25, 0.3) is 0 Å². The van der Waals surface area contributed by atoms with Gasteiger partial charge in [0.05, 0.1) is 6.61 Å². The fourth-order valence-electron chi connectivity index (χ4n) is 2.08. The molecule has 0 heterocycles. The van der Waals surface area contributed by atoms with Crippen molar-refractivity contribution in [2.24, 2.45) is 0 Å². The number of alkyl carbamates (subject to hydrolysis) is 1. The zero-order chi connectivity index (χ0) is 17.2. The number of benzene rings is 2. The number of carbonyl (C=O) groups is 2. The highest BCUT2D eigenvalue weighted by atomic mass is 16.5. The minimum atomic E-state index is -0.505. The third kappa shape index (κ3) is 5.76. The summed E-state index contributed by atoms with van der Waals surface area (Å²) in [6.07, 6.45) is -0.279. The van der Waals surface area contributed by atoms with Crippen molar-refractivity contribution in [2.45, 2.75) is 20.0 Å². The molecule has 5 nitrogen and oxygen atoms in total.